The van der Waals surface area contributed by atoms with E-state index in [2.05, 4.69) is 10.4 Å². The molecule has 0 bridgehead atoms. The standard InChI is InChI=1S/C16H15ClF3N3O/c17-13-14(16(19)20)22-23(15(13)10-3-4-10)8-12(24)21-7-9-1-5-11(18)6-2-9/h1-2,5-6,10,16H,3-4,7-8H2,(H,21,24). The minimum absolute atomic E-state index is 0.0427. The molecule has 1 N–H and O–H groups in total. The van der Waals surface area contributed by atoms with Crippen LogP contribution < -0.4 is 5.32 Å². The van der Waals surface area contributed by atoms with Gasteiger partial charge < -0.3 is 5.32 Å². The Morgan fingerprint density at radius 2 is 2.00 bits per heavy atom. The van der Waals surface area contributed by atoms with Crippen molar-refractivity contribution in [3.8, 4) is 0 Å². The number of hydrogen-bond acceptors (Lipinski definition) is 2. The van der Waals surface area contributed by atoms with Crippen molar-refractivity contribution in [2.45, 2.75) is 38.3 Å². The second-order valence-corrected chi connectivity index (χ2v) is 6.10. The number of amides is 1. The van der Waals surface area contributed by atoms with Gasteiger partial charge in [0.2, 0.25) is 5.91 Å². The second-order valence-electron chi connectivity index (χ2n) is 5.72. The zero-order valence-electron chi connectivity index (χ0n) is 12.6. The third-order valence-electron chi connectivity index (χ3n) is 3.82. The first-order chi connectivity index (χ1) is 11.5. The number of carbonyl (C=O) groups is 1. The highest BCUT2D eigenvalue weighted by molar-refractivity contribution is 6.32. The molecule has 0 radical (unpaired) electrons. The highest BCUT2D eigenvalue weighted by Crippen LogP contribution is 2.45. The van der Waals surface area contributed by atoms with Crippen LogP contribution in [0.3, 0.4) is 0 Å². The summed E-state index contributed by atoms with van der Waals surface area (Å²) in [7, 11) is 0. The van der Waals surface area contributed by atoms with Crippen LogP contribution in [0.2, 0.25) is 5.02 Å². The molecule has 0 atom stereocenters. The van der Waals surface area contributed by atoms with Crippen LogP contribution in [0.25, 0.3) is 0 Å². The van der Waals surface area contributed by atoms with E-state index in [1.54, 1.807) is 12.1 Å². The van der Waals surface area contributed by atoms with Gasteiger partial charge in [-0.15, -0.1) is 0 Å². The van der Waals surface area contributed by atoms with Gasteiger partial charge in [0.25, 0.3) is 6.43 Å². The lowest BCUT2D eigenvalue weighted by Crippen LogP contribution is -2.28. The lowest BCUT2D eigenvalue weighted by molar-refractivity contribution is -0.122. The van der Waals surface area contributed by atoms with E-state index in [0.29, 0.717) is 5.69 Å². The molecule has 0 aliphatic heterocycles. The molecule has 1 saturated carbocycles. The van der Waals surface area contributed by atoms with E-state index in [4.69, 9.17) is 11.6 Å². The van der Waals surface area contributed by atoms with Crippen LogP contribution in [0.4, 0.5) is 13.2 Å². The zero-order chi connectivity index (χ0) is 17.3. The third-order valence-corrected chi connectivity index (χ3v) is 4.21. The lowest BCUT2D eigenvalue weighted by atomic mass is 10.2. The molecule has 1 aliphatic carbocycles. The average molecular weight is 358 g/mol. The maximum Gasteiger partial charge on any atom is 0.283 e. The Balaban J connectivity index is 1.67. The molecular formula is C16H15ClF3N3O. The van der Waals surface area contributed by atoms with Crippen LogP contribution in [-0.4, -0.2) is 15.7 Å². The number of nitrogens with one attached hydrogen (secondary N) is 1. The summed E-state index contributed by atoms with van der Waals surface area (Å²) in [6, 6.07) is 5.72. The van der Waals surface area contributed by atoms with Crippen LogP contribution >= 0.6 is 11.6 Å². The summed E-state index contributed by atoms with van der Waals surface area (Å²) in [6.45, 7) is 0.0358. The molecule has 3 rings (SSSR count). The van der Waals surface area contributed by atoms with E-state index in [1.807, 2.05) is 0 Å². The lowest BCUT2D eigenvalue weighted by Gasteiger charge is -2.08. The minimum atomic E-state index is -2.78. The first-order valence-corrected chi connectivity index (χ1v) is 7.89. The van der Waals surface area contributed by atoms with Gasteiger partial charge in [-0.25, -0.2) is 13.2 Å². The number of rotatable bonds is 6. The molecule has 4 nitrogen and oxygen atoms in total. The molecule has 0 spiro atoms. The largest absolute Gasteiger partial charge is 0.350 e. The molecule has 1 aromatic carbocycles. The first-order valence-electron chi connectivity index (χ1n) is 7.51. The molecule has 1 fully saturated rings. The Hall–Kier alpha value is -2.02. The smallest absolute Gasteiger partial charge is 0.283 e. The van der Waals surface area contributed by atoms with Crippen LogP contribution in [0, 0.1) is 5.82 Å². The third kappa shape index (κ3) is 3.72. The number of benzene rings is 1. The molecule has 0 saturated heterocycles. The van der Waals surface area contributed by atoms with Gasteiger partial charge in [-0.1, -0.05) is 23.7 Å². The number of aromatic nitrogens is 2. The maximum absolute atomic E-state index is 13.0. The fourth-order valence-electron chi connectivity index (χ4n) is 2.47. The van der Waals surface area contributed by atoms with E-state index in [9.17, 15) is 18.0 Å². The quantitative estimate of drug-likeness (QED) is 0.854. The molecule has 1 aliphatic rings. The summed E-state index contributed by atoms with van der Waals surface area (Å²) in [5, 5.41) is 6.42. The van der Waals surface area contributed by atoms with Crippen molar-refractivity contribution in [1.82, 2.24) is 15.1 Å². The number of nitrogens with zero attached hydrogens (tertiary/aromatic N) is 2. The molecular weight excluding hydrogens is 343 g/mol. The van der Waals surface area contributed by atoms with E-state index in [-0.39, 0.29) is 35.8 Å². The Kier molecular flexibility index (Phi) is 4.80. The van der Waals surface area contributed by atoms with Gasteiger partial charge in [-0.2, -0.15) is 5.10 Å². The van der Waals surface area contributed by atoms with Crippen molar-refractivity contribution >= 4 is 17.5 Å². The number of halogens is 4. The molecule has 2 aromatic rings. The fourth-order valence-corrected chi connectivity index (χ4v) is 2.85. The number of carbonyl (C=O) groups excluding carboxylic acids is 1. The van der Waals surface area contributed by atoms with Crippen molar-refractivity contribution in [2.24, 2.45) is 0 Å². The van der Waals surface area contributed by atoms with Gasteiger partial charge in [0, 0.05) is 12.5 Å². The Labute approximate surface area is 141 Å². The average Bonchev–Trinajstić information content (AvgIpc) is 3.31. The van der Waals surface area contributed by atoms with Crippen LogP contribution in [0.15, 0.2) is 24.3 Å². The molecule has 1 heterocycles. The molecule has 0 unspecified atom stereocenters. The van der Waals surface area contributed by atoms with Gasteiger partial charge in [0.1, 0.15) is 18.1 Å². The summed E-state index contributed by atoms with van der Waals surface area (Å²) >= 11 is 6.00. The van der Waals surface area contributed by atoms with Gasteiger partial charge in [0.15, 0.2) is 0 Å². The zero-order valence-corrected chi connectivity index (χ0v) is 13.4. The number of alkyl halides is 2. The van der Waals surface area contributed by atoms with Gasteiger partial charge in [-0.3, -0.25) is 9.48 Å². The summed E-state index contributed by atoms with van der Waals surface area (Å²) in [5.74, 6) is -0.645. The molecule has 24 heavy (non-hydrogen) atoms. The van der Waals surface area contributed by atoms with Gasteiger partial charge in [-0.05, 0) is 30.5 Å². The molecule has 1 amide bonds. The SMILES string of the molecule is O=C(Cn1nc(C(F)F)c(Cl)c1C1CC1)NCc1ccc(F)cc1. The molecule has 128 valence electrons. The summed E-state index contributed by atoms with van der Waals surface area (Å²) in [5.41, 5.74) is 0.757. The van der Waals surface area contributed by atoms with Crippen LogP contribution in [0.1, 0.15) is 42.1 Å². The molecule has 8 heteroatoms. The van der Waals surface area contributed by atoms with E-state index >= 15 is 0 Å². The normalized spacial score (nSPS) is 14.2. The number of hydrogen-bond donors (Lipinski definition) is 1. The second kappa shape index (κ2) is 6.84. The Morgan fingerprint density at radius 3 is 2.58 bits per heavy atom. The van der Waals surface area contributed by atoms with Crippen molar-refractivity contribution in [2.75, 3.05) is 0 Å². The summed E-state index contributed by atoms with van der Waals surface area (Å²) in [4.78, 5) is 12.1. The van der Waals surface area contributed by atoms with Crippen LogP contribution in [0.5, 0.6) is 0 Å². The predicted octanol–water partition coefficient (Wildman–Crippen LogP) is 3.81. The van der Waals surface area contributed by atoms with Crippen molar-refractivity contribution in [3.63, 3.8) is 0 Å². The first kappa shape index (κ1) is 16.8. The van der Waals surface area contributed by atoms with E-state index in [0.717, 1.165) is 18.4 Å². The van der Waals surface area contributed by atoms with Gasteiger partial charge >= 0.3 is 0 Å². The topological polar surface area (TPSA) is 46.9 Å². The van der Waals surface area contributed by atoms with Gasteiger partial charge in [0.05, 0.1) is 10.7 Å². The maximum atomic E-state index is 13.0. The summed E-state index contributed by atoms with van der Waals surface area (Å²) < 4.78 is 40.0. The van der Waals surface area contributed by atoms with Crippen molar-refractivity contribution in [1.29, 1.82) is 0 Å². The highest BCUT2D eigenvalue weighted by atomic mass is 35.5. The van der Waals surface area contributed by atoms with Crippen molar-refractivity contribution < 1.29 is 18.0 Å². The Morgan fingerprint density at radius 1 is 1.33 bits per heavy atom. The highest BCUT2D eigenvalue weighted by Gasteiger charge is 2.34. The van der Waals surface area contributed by atoms with E-state index in [1.165, 1.54) is 16.8 Å². The predicted molar refractivity (Wildman–Crippen MR) is 82.4 cm³/mol. The fraction of sp³-hybridized carbons (Fsp3) is 0.375. The Bertz CT molecular complexity index is 742. The minimum Gasteiger partial charge on any atom is -0.350 e. The van der Waals surface area contributed by atoms with E-state index < -0.39 is 12.1 Å². The van der Waals surface area contributed by atoms with Crippen molar-refractivity contribution in [3.05, 3.63) is 52.1 Å². The monoisotopic (exact) mass is 357 g/mol. The van der Waals surface area contributed by atoms with Crippen LogP contribution in [-0.2, 0) is 17.9 Å². The summed E-state index contributed by atoms with van der Waals surface area (Å²) in [6.07, 6.45) is -1.07. The molecule has 1 aromatic heterocycles.